The highest BCUT2D eigenvalue weighted by atomic mass is 16.7. The number of allylic oxidation sites excluding steroid dienone is 1. The molecule has 4 aliphatic carbocycles. The van der Waals surface area contributed by atoms with Crippen molar-refractivity contribution in [3.8, 4) is 0 Å². The monoisotopic (exact) mass is 694 g/mol. The molecule has 6 N–H and O–H groups in total. The van der Waals surface area contributed by atoms with Gasteiger partial charge in [0.1, 0.15) is 35.8 Å². The van der Waals surface area contributed by atoms with Crippen LogP contribution in [0.4, 0.5) is 0 Å². The number of ketones is 1. The molecular weight excluding hydrogens is 632 g/mol. The van der Waals surface area contributed by atoms with Crippen LogP contribution >= 0.6 is 0 Å². The number of hydrogen-bond acceptors (Lipinski definition) is 11. The highest BCUT2D eigenvalue weighted by Crippen LogP contribution is 2.75. The Morgan fingerprint density at radius 3 is 2.27 bits per heavy atom. The number of Topliss-reactive ketones (excluding diaryl/α,β-unsaturated/α-hetero) is 1. The zero-order valence-electron chi connectivity index (χ0n) is 30.9. The largest absolute Gasteiger partial charge is 0.460 e. The second kappa shape index (κ2) is 13.2. The van der Waals surface area contributed by atoms with Gasteiger partial charge in [-0.05, 0) is 80.5 Å². The maximum atomic E-state index is 13.7. The summed E-state index contributed by atoms with van der Waals surface area (Å²) in [6.45, 7) is 17.3. The van der Waals surface area contributed by atoms with Crippen molar-refractivity contribution in [2.75, 3.05) is 6.61 Å². The predicted octanol–water partition coefficient (Wildman–Crippen LogP) is 3.05. The van der Waals surface area contributed by atoms with Crippen molar-refractivity contribution >= 4 is 11.8 Å². The number of fused-ring (bicyclic) bond motifs is 5. The maximum Gasteiger partial charge on any atom is 0.303 e. The highest BCUT2D eigenvalue weighted by Gasteiger charge is 2.70. The van der Waals surface area contributed by atoms with E-state index in [-0.39, 0.29) is 58.1 Å². The number of carbonyl (C=O) groups excluding carboxylic acids is 2. The molecule has 49 heavy (non-hydrogen) atoms. The van der Waals surface area contributed by atoms with E-state index in [1.165, 1.54) is 12.5 Å². The Kier molecular flexibility index (Phi) is 10.4. The molecule has 0 bridgehead atoms. The van der Waals surface area contributed by atoms with E-state index in [2.05, 4.69) is 26.8 Å². The summed E-state index contributed by atoms with van der Waals surface area (Å²) in [5, 5.41) is 64.6. The summed E-state index contributed by atoms with van der Waals surface area (Å²) in [5.41, 5.74) is -1.06. The first kappa shape index (κ1) is 38.8. The van der Waals surface area contributed by atoms with Crippen LogP contribution in [0.3, 0.4) is 0 Å². The van der Waals surface area contributed by atoms with Gasteiger partial charge in [-0.15, -0.1) is 0 Å². The lowest BCUT2D eigenvalue weighted by Gasteiger charge is -2.66. The molecule has 0 spiro atoms. The molecule has 1 saturated heterocycles. The van der Waals surface area contributed by atoms with Crippen molar-refractivity contribution in [2.24, 2.45) is 45.3 Å². The quantitative estimate of drug-likeness (QED) is 0.154. The van der Waals surface area contributed by atoms with E-state index < -0.39 is 66.6 Å². The maximum absolute atomic E-state index is 13.7. The second-order valence-corrected chi connectivity index (χ2v) is 18.0. The number of aliphatic hydroxyl groups excluding tert-OH is 6. The van der Waals surface area contributed by atoms with Crippen LogP contribution in [0.2, 0.25) is 0 Å². The normalized spacial score (nSPS) is 46.9. The molecule has 0 aromatic heterocycles. The van der Waals surface area contributed by atoms with Crippen molar-refractivity contribution in [1.29, 1.82) is 0 Å². The van der Waals surface area contributed by atoms with E-state index in [1.54, 1.807) is 0 Å². The van der Waals surface area contributed by atoms with Crippen LogP contribution in [0.15, 0.2) is 11.6 Å². The first-order valence-electron chi connectivity index (χ1n) is 18.3. The van der Waals surface area contributed by atoms with Crippen LogP contribution < -0.4 is 0 Å². The number of carbonyl (C=O) groups is 2. The Morgan fingerprint density at radius 1 is 1.00 bits per heavy atom. The first-order chi connectivity index (χ1) is 22.6. The molecule has 5 rings (SSSR count). The predicted molar refractivity (Wildman–Crippen MR) is 180 cm³/mol. The zero-order chi connectivity index (χ0) is 36.6. The average molecular weight is 695 g/mol. The van der Waals surface area contributed by atoms with Crippen LogP contribution in [-0.2, 0) is 23.8 Å². The van der Waals surface area contributed by atoms with Gasteiger partial charge in [-0.25, -0.2) is 0 Å². The summed E-state index contributed by atoms with van der Waals surface area (Å²) in [5.74, 6) is -0.698. The summed E-state index contributed by atoms with van der Waals surface area (Å²) >= 11 is 0. The third-order valence-corrected chi connectivity index (χ3v) is 14.5. The average Bonchev–Trinajstić information content (AvgIpc) is 3.22. The molecule has 280 valence electrons. The third kappa shape index (κ3) is 6.26. The number of ether oxygens (including phenoxy) is 3. The summed E-state index contributed by atoms with van der Waals surface area (Å²) in [4.78, 5) is 25.3. The number of esters is 1. The lowest BCUT2D eigenvalue weighted by Crippen LogP contribution is -2.63. The first-order valence-corrected chi connectivity index (χ1v) is 18.3. The Labute approximate surface area is 291 Å². The zero-order valence-corrected chi connectivity index (χ0v) is 30.9. The molecule has 4 fully saturated rings. The van der Waals surface area contributed by atoms with Gasteiger partial charge in [0.05, 0.1) is 24.9 Å². The second-order valence-electron chi connectivity index (χ2n) is 18.0. The molecule has 0 aromatic rings. The van der Waals surface area contributed by atoms with E-state index in [1.807, 2.05) is 34.6 Å². The summed E-state index contributed by atoms with van der Waals surface area (Å²) in [7, 11) is 0. The lowest BCUT2D eigenvalue weighted by molar-refractivity contribution is -0.324. The fourth-order valence-corrected chi connectivity index (χ4v) is 11.5. The van der Waals surface area contributed by atoms with Crippen LogP contribution in [0, 0.1) is 45.3 Å². The molecule has 11 heteroatoms. The molecule has 0 radical (unpaired) electrons. The topological polar surface area (TPSA) is 183 Å². The van der Waals surface area contributed by atoms with Gasteiger partial charge in [0.25, 0.3) is 0 Å². The molecule has 5 aliphatic rings. The molecule has 3 saturated carbocycles. The van der Waals surface area contributed by atoms with Crippen LogP contribution in [0.5, 0.6) is 0 Å². The van der Waals surface area contributed by atoms with E-state index in [0.29, 0.717) is 19.3 Å². The Bertz CT molecular complexity index is 1290. The van der Waals surface area contributed by atoms with Gasteiger partial charge in [-0.2, -0.15) is 0 Å². The molecule has 15 unspecified atom stereocenters. The molecule has 1 heterocycles. The van der Waals surface area contributed by atoms with Gasteiger partial charge < -0.3 is 44.8 Å². The summed E-state index contributed by atoms with van der Waals surface area (Å²) in [6.07, 6.45) is -3.00. The van der Waals surface area contributed by atoms with Gasteiger partial charge in [0, 0.05) is 30.6 Å². The molecular formula is C38H62O11. The molecule has 0 aromatic carbocycles. The fourth-order valence-electron chi connectivity index (χ4n) is 11.5. The van der Waals surface area contributed by atoms with E-state index in [9.17, 15) is 40.2 Å². The molecule has 11 nitrogen and oxygen atoms in total. The van der Waals surface area contributed by atoms with Gasteiger partial charge >= 0.3 is 5.97 Å². The lowest BCUT2D eigenvalue weighted by atomic mass is 9.39. The van der Waals surface area contributed by atoms with Crippen molar-refractivity contribution in [3.05, 3.63) is 11.6 Å². The minimum absolute atomic E-state index is 0.0136. The number of rotatable bonds is 9. The molecule has 1 aliphatic heterocycles. The molecule has 15 atom stereocenters. The van der Waals surface area contributed by atoms with E-state index in [4.69, 9.17) is 14.2 Å². The molecule has 0 amide bonds. The Morgan fingerprint density at radius 2 is 1.65 bits per heavy atom. The van der Waals surface area contributed by atoms with Crippen molar-refractivity contribution < 1.29 is 54.4 Å². The standard InChI is InChI=1S/C38H62O11/c1-19(23(41)12-13-34(3,4)49-20(2)40)28-24(42)17-38(9)27-11-10-21-22(36(27,7)14-15-37(28,38)8)16-25(32(46)35(21,5)6)47-33-31(45)30(44)29(43)26(18-39)48-33/h10,19,22,24-33,39,42-46H,11-18H2,1-9H3. The van der Waals surface area contributed by atoms with Crippen molar-refractivity contribution in [1.82, 2.24) is 0 Å². The highest BCUT2D eigenvalue weighted by molar-refractivity contribution is 5.81. The van der Waals surface area contributed by atoms with Gasteiger partial charge in [-0.3, -0.25) is 9.59 Å². The van der Waals surface area contributed by atoms with Gasteiger partial charge in [0.15, 0.2) is 6.29 Å². The van der Waals surface area contributed by atoms with Crippen LogP contribution in [0.1, 0.15) is 107 Å². The third-order valence-electron chi connectivity index (χ3n) is 14.5. The summed E-state index contributed by atoms with van der Waals surface area (Å²) in [6, 6.07) is 0. The van der Waals surface area contributed by atoms with Gasteiger partial charge in [0.2, 0.25) is 0 Å². The van der Waals surface area contributed by atoms with E-state index >= 15 is 0 Å². The summed E-state index contributed by atoms with van der Waals surface area (Å²) < 4.78 is 17.4. The van der Waals surface area contributed by atoms with Crippen molar-refractivity contribution in [2.45, 2.75) is 162 Å². The Balaban J connectivity index is 1.40. The number of aliphatic hydroxyl groups is 6. The Hall–Kier alpha value is -1.44. The van der Waals surface area contributed by atoms with Crippen LogP contribution in [0.25, 0.3) is 0 Å². The fraction of sp³-hybridized carbons (Fsp3) is 0.895. The minimum Gasteiger partial charge on any atom is -0.460 e. The minimum atomic E-state index is -1.58. The number of hydrogen-bond donors (Lipinski definition) is 6. The van der Waals surface area contributed by atoms with Crippen molar-refractivity contribution in [3.63, 3.8) is 0 Å². The van der Waals surface area contributed by atoms with Gasteiger partial charge in [-0.1, -0.05) is 53.2 Å². The SMILES string of the molecule is CC(=O)OC(C)(C)CCC(=O)C(C)C1C(O)CC2(C)C3CC=C4C(CC(OC5OC(CO)C(O)C(O)C5O)C(O)C4(C)C)C3(C)CCC12C. The van der Waals surface area contributed by atoms with Crippen LogP contribution in [-0.4, -0.2) is 104 Å². The smallest absolute Gasteiger partial charge is 0.303 e. The van der Waals surface area contributed by atoms with E-state index in [0.717, 1.165) is 19.3 Å².